The lowest BCUT2D eigenvalue weighted by Gasteiger charge is -1.83. The van der Waals surface area contributed by atoms with Crippen LogP contribution in [0.1, 0.15) is 5.56 Å². The summed E-state index contributed by atoms with van der Waals surface area (Å²) in [5.41, 5.74) is 0.922. The lowest BCUT2D eigenvalue weighted by Crippen LogP contribution is -1.80. The first-order chi connectivity index (χ1) is 4.43. The monoisotopic (exact) mass is 141 g/mol. The van der Waals surface area contributed by atoms with E-state index in [1.54, 1.807) is 12.4 Å². The summed E-state index contributed by atoms with van der Waals surface area (Å²) in [4.78, 5) is 7.52. The van der Waals surface area contributed by atoms with Gasteiger partial charge < -0.3 is 0 Å². The Hall–Kier alpha value is -0.820. The van der Waals surface area contributed by atoms with Gasteiger partial charge in [0.1, 0.15) is 6.33 Å². The van der Waals surface area contributed by atoms with E-state index in [2.05, 4.69) is 9.97 Å². The zero-order valence-electron chi connectivity index (χ0n) is 4.74. The second-order valence-corrected chi connectivity index (χ2v) is 2.21. The Balaban J connectivity index is 2.72. The lowest BCUT2D eigenvalue weighted by molar-refractivity contribution is 0.598. The normalized spacial score (nSPS) is 9.78. The van der Waals surface area contributed by atoms with Crippen molar-refractivity contribution in [3.8, 4) is 0 Å². The van der Waals surface area contributed by atoms with Gasteiger partial charge in [-0.1, -0.05) is 4.57 Å². The number of hydrogen-bond donors (Lipinski definition) is 0. The standard InChI is InChI=1S/C5H5N2OP/c8-9-3-5-1-6-4-7-2-5/h1-2,4H,3H2/p+1. The molecule has 0 spiro atoms. The molecule has 0 amide bonds. The Labute approximate surface area is 54.4 Å². The van der Waals surface area contributed by atoms with Crippen molar-refractivity contribution in [1.82, 2.24) is 9.97 Å². The molecule has 4 heteroatoms. The van der Waals surface area contributed by atoms with Gasteiger partial charge in [0.25, 0.3) is 0 Å². The van der Waals surface area contributed by atoms with Crippen LogP contribution < -0.4 is 0 Å². The summed E-state index contributed by atoms with van der Waals surface area (Å²) in [6.45, 7) is 0. The first-order valence-corrected chi connectivity index (χ1v) is 3.64. The molecule has 1 rings (SSSR count). The summed E-state index contributed by atoms with van der Waals surface area (Å²) in [5.74, 6) is 0. The topological polar surface area (TPSA) is 42.9 Å². The molecule has 0 N–H and O–H groups in total. The third-order valence-corrected chi connectivity index (χ3v) is 1.44. The van der Waals surface area contributed by atoms with Gasteiger partial charge in [-0.15, -0.1) is 0 Å². The Morgan fingerprint density at radius 1 is 1.44 bits per heavy atom. The number of nitrogens with zero attached hydrogens (tertiary/aromatic N) is 2. The smallest absolute Gasteiger partial charge is 0.244 e. The third kappa shape index (κ3) is 1.86. The minimum atomic E-state index is -0.295. The molecule has 3 nitrogen and oxygen atoms in total. The second kappa shape index (κ2) is 3.25. The van der Waals surface area contributed by atoms with E-state index in [-0.39, 0.29) is 8.46 Å². The quantitative estimate of drug-likeness (QED) is 0.577. The molecule has 1 unspecified atom stereocenters. The van der Waals surface area contributed by atoms with Gasteiger partial charge in [-0.2, -0.15) is 0 Å². The number of hydrogen-bond acceptors (Lipinski definition) is 3. The Morgan fingerprint density at radius 3 is 2.67 bits per heavy atom. The molecule has 0 aromatic carbocycles. The highest BCUT2D eigenvalue weighted by molar-refractivity contribution is 7.22. The first-order valence-electron chi connectivity index (χ1n) is 2.52. The molecular weight excluding hydrogens is 135 g/mol. The van der Waals surface area contributed by atoms with Crippen LogP contribution in [0.5, 0.6) is 0 Å². The van der Waals surface area contributed by atoms with Crippen LogP contribution in [-0.4, -0.2) is 9.97 Å². The summed E-state index contributed by atoms with van der Waals surface area (Å²) in [6.07, 6.45) is 5.34. The minimum absolute atomic E-state index is 0.295. The number of rotatable bonds is 2. The molecule has 0 saturated carbocycles. The van der Waals surface area contributed by atoms with Gasteiger partial charge in [0, 0.05) is 18.0 Å². The van der Waals surface area contributed by atoms with E-state index >= 15 is 0 Å². The van der Waals surface area contributed by atoms with E-state index in [0.717, 1.165) is 5.56 Å². The molecule has 1 atom stereocenters. The van der Waals surface area contributed by atoms with Crippen molar-refractivity contribution in [3.63, 3.8) is 0 Å². The van der Waals surface area contributed by atoms with Crippen LogP contribution in [-0.2, 0) is 10.7 Å². The molecule has 0 saturated heterocycles. The minimum Gasteiger partial charge on any atom is -0.244 e. The van der Waals surface area contributed by atoms with E-state index in [9.17, 15) is 4.57 Å². The van der Waals surface area contributed by atoms with Crippen molar-refractivity contribution in [2.75, 3.05) is 0 Å². The van der Waals surface area contributed by atoms with Crippen LogP contribution in [0.4, 0.5) is 0 Å². The first kappa shape index (κ1) is 6.30. The molecule has 46 valence electrons. The second-order valence-electron chi connectivity index (χ2n) is 1.57. The summed E-state index contributed by atoms with van der Waals surface area (Å²) in [7, 11) is -0.295. The van der Waals surface area contributed by atoms with Gasteiger partial charge in [-0.3, -0.25) is 0 Å². The molecule has 0 aliphatic rings. The Kier molecular flexibility index (Phi) is 2.28. The van der Waals surface area contributed by atoms with Crippen LogP contribution in [0.2, 0.25) is 0 Å². The fourth-order valence-electron chi connectivity index (χ4n) is 0.505. The molecular formula is C5H6N2OP+. The van der Waals surface area contributed by atoms with Crippen molar-refractivity contribution in [1.29, 1.82) is 0 Å². The van der Waals surface area contributed by atoms with Gasteiger partial charge in [0.2, 0.25) is 0 Å². The van der Waals surface area contributed by atoms with Gasteiger partial charge >= 0.3 is 8.46 Å². The highest BCUT2D eigenvalue weighted by atomic mass is 31.1. The van der Waals surface area contributed by atoms with Crippen LogP contribution in [0.3, 0.4) is 0 Å². The molecule has 9 heavy (non-hydrogen) atoms. The predicted molar refractivity (Wildman–Crippen MR) is 34.7 cm³/mol. The Bertz CT molecular complexity index is 189. The molecule has 1 heterocycles. The molecule has 0 fully saturated rings. The molecule has 0 aliphatic carbocycles. The maximum absolute atomic E-state index is 10.1. The highest BCUT2D eigenvalue weighted by Crippen LogP contribution is 2.03. The van der Waals surface area contributed by atoms with E-state index in [4.69, 9.17) is 0 Å². The van der Waals surface area contributed by atoms with E-state index in [1.165, 1.54) is 6.33 Å². The Morgan fingerprint density at radius 2 is 2.11 bits per heavy atom. The van der Waals surface area contributed by atoms with Crippen molar-refractivity contribution in [3.05, 3.63) is 24.3 Å². The van der Waals surface area contributed by atoms with Gasteiger partial charge in [-0.25, -0.2) is 9.97 Å². The van der Waals surface area contributed by atoms with Crippen molar-refractivity contribution in [2.24, 2.45) is 0 Å². The summed E-state index contributed by atoms with van der Waals surface area (Å²) in [6, 6.07) is 0. The zero-order chi connectivity index (χ0) is 6.53. The lowest BCUT2D eigenvalue weighted by atomic mass is 10.4. The fourth-order valence-corrected chi connectivity index (χ4v) is 0.854. The van der Waals surface area contributed by atoms with Crippen molar-refractivity contribution in [2.45, 2.75) is 6.16 Å². The van der Waals surface area contributed by atoms with Gasteiger partial charge in [-0.05, 0) is 0 Å². The predicted octanol–water partition coefficient (Wildman–Crippen LogP) is 1.00. The maximum Gasteiger partial charge on any atom is 0.329 e. The van der Waals surface area contributed by atoms with Crippen LogP contribution in [0.15, 0.2) is 18.7 Å². The van der Waals surface area contributed by atoms with Crippen LogP contribution in [0.25, 0.3) is 0 Å². The molecule has 1 aromatic heterocycles. The van der Waals surface area contributed by atoms with E-state index in [1.807, 2.05) is 0 Å². The SMILES string of the molecule is O=[PH+]Cc1cncnc1. The van der Waals surface area contributed by atoms with Gasteiger partial charge in [0.05, 0.1) is 0 Å². The molecule has 1 aromatic rings. The van der Waals surface area contributed by atoms with Crippen molar-refractivity contribution < 1.29 is 4.57 Å². The molecule has 0 radical (unpaired) electrons. The van der Waals surface area contributed by atoms with Crippen LogP contribution >= 0.6 is 8.46 Å². The molecule has 0 bridgehead atoms. The summed E-state index contributed by atoms with van der Waals surface area (Å²) >= 11 is 0. The van der Waals surface area contributed by atoms with Crippen molar-refractivity contribution >= 4 is 8.46 Å². The summed E-state index contributed by atoms with van der Waals surface area (Å²) in [5, 5.41) is 0. The van der Waals surface area contributed by atoms with E-state index < -0.39 is 0 Å². The fraction of sp³-hybridized carbons (Fsp3) is 0.200. The van der Waals surface area contributed by atoms with Gasteiger partial charge in [0.15, 0.2) is 6.16 Å². The zero-order valence-corrected chi connectivity index (χ0v) is 5.74. The van der Waals surface area contributed by atoms with E-state index in [0.29, 0.717) is 6.16 Å². The average Bonchev–Trinajstić information content (AvgIpc) is 1.91. The maximum atomic E-state index is 10.1. The third-order valence-electron chi connectivity index (χ3n) is 0.890. The van der Waals surface area contributed by atoms with Crippen LogP contribution in [0, 0.1) is 0 Å². The molecule has 0 aliphatic heterocycles. The average molecular weight is 141 g/mol. The largest absolute Gasteiger partial charge is 0.329 e. The highest BCUT2D eigenvalue weighted by Gasteiger charge is 1.94. The number of aromatic nitrogens is 2. The summed E-state index contributed by atoms with van der Waals surface area (Å²) < 4.78 is 10.1.